The molecule has 0 aromatic heterocycles. The average Bonchev–Trinajstić information content (AvgIpc) is 2.67. The number of nitrogens with zero attached hydrogens (tertiary/aromatic N) is 1. The van der Waals surface area contributed by atoms with Crippen molar-refractivity contribution < 1.29 is 28.2 Å². The normalized spacial score (nSPS) is 10.6. The molecule has 0 fully saturated rings. The van der Waals surface area contributed by atoms with Gasteiger partial charge in [0.05, 0.1) is 23.5 Å². The molecular weight excluding hydrogens is 482 g/mol. The van der Waals surface area contributed by atoms with Crippen LogP contribution in [-0.4, -0.2) is 38.4 Å². The molecule has 0 saturated carbocycles. The number of benzene rings is 2. The molecule has 2 rings (SSSR count). The number of nitrogens with one attached hydrogen (secondary N) is 1. The lowest BCUT2D eigenvalue weighted by molar-refractivity contribution is -0.142. The van der Waals surface area contributed by atoms with Gasteiger partial charge in [-0.25, -0.2) is 14.6 Å². The Morgan fingerprint density at radius 2 is 1.93 bits per heavy atom. The summed E-state index contributed by atoms with van der Waals surface area (Å²) in [5.74, 6) is -0.543. The molecule has 0 aliphatic heterocycles. The van der Waals surface area contributed by atoms with E-state index in [1.165, 1.54) is 37.6 Å². The van der Waals surface area contributed by atoms with E-state index in [2.05, 4.69) is 15.3 Å². The molecule has 0 radical (unpaired) electrons. The number of amides is 1. The van der Waals surface area contributed by atoms with Gasteiger partial charge in [0.25, 0.3) is 5.91 Å². The monoisotopic (exact) mass is 500 g/mol. The first-order valence-corrected chi connectivity index (χ1v) is 9.27. The highest BCUT2D eigenvalue weighted by Gasteiger charge is 2.14. The maximum Gasteiger partial charge on any atom is 0.343 e. The zero-order chi connectivity index (χ0) is 20.5. The highest BCUT2D eigenvalue weighted by molar-refractivity contribution is 14.1. The number of esters is 1. The van der Waals surface area contributed by atoms with Crippen LogP contribution in [0.25, 0.3) is 0 Å². The molecule has 7 nitrogen and oxygen atoms in total. The number of ether oxygens (including phenoxy) is 3. The third-order valence-electron chi connectivity index (χ3n) is 3.38. The van der Waals surface area contributed by atoms with E-state index in [-0.39, 0.29) is 12.2 Å². The Kier molecular flexibility index (Phi) is 8.18. The van der Waals surface area contributed by atoms with E-state index in [0.29, 0.717) is 27.2 Å². The molecule has 2 aromatic carbocycles. The van der Waals surface area contributed by atoms with Crippen LogP contribution in [0.4, 0.5) is 4.39 Å². The molecular formula is C19H18FIN2O5. The minimum Gasteiger partial charge on any atom is -0.490 e. The second-order valence-electron chi connectivity index (χ2n) is 5.33. The number of carbonyl (C=O) groups excluding carboxylic acids is 2. The van der Waals surface area contributed by atoms with Crippen molar-refractivity contribution >= 4 is 40.7 Å². The third kappa shape index (κ3) is 6.19. The number of halogens is 2. The molecule has 0 unspecified atom stereocenters. The van der Waals surface area contributed by atoms with Gasteiger partial charge >= 0.3 is 5.97 Å². The number of hydrogen-bond donors (Lipinski definition) is 1. The summed E-state index contributed by atoms with van der Waals surface area (Å²) in [6, 6.07) is 8.55. The predicted octanol–water partition coefficient (Wildman–Crippen LogP) is 3.14. The number of carbonyl (C=O) groups is 2. The van der Waals surface area contributed by atoms with Gasteiger partial charge in [-0.15, -0.1) is 0 Å². The van der Waals surface area contributed by atoms with E-state index in [4.69, 9.17) is 9.47 Å². The fourth-order valence-electron chi connectivity index (χ4n) is 2.09. The van der Waals surface area contributed by atoms with Crippen LogP contribution >= 0.6 is 22.6 Å². The van der Waals surface area contributed by atoms with Gasteiger partial charge in [-0.05, 0) is 71.5 Å². The minimum atomic E-state index is -0.507. The number of methoxy groups -OCH3 is 1. The summed E-state index contributed by atoms with van der Waals surface area (Å²) in [7, 11) is 1.28. The van der Waals surface area contributed by atoms with Crippen molar-refractivity contribution in [1.29, 1.82) is 0 Å². The molecule has 148 valence electrons. The van der Waals surface area contributed by atoms with Crippen molar-refractivity contribution in [3.05, 3.63) is 56.9 Å². The molecule has 0 spiro atoms. The second-order valence-corrected chi connectivity index (χ2v) is 6.50. The van der Waals surface area contributed by atoms with Crippen LogP contribution in [0.15, 0.2) is 41.5 Å². The average molecular weight is 500 g/mol. The molecule has 0 aliphatic rings. The summed E-state index contributed by atoms with van der Waals surface area (Å²) < 4.78 is 29.2. The van der Waals surface area contributed by atoms with Gasteiger partial charge in [-0.2, -0.15) is 5.10 Å². The molecule has 0 atom stereocenters. The van der Waals surface area contributed by atoms with Crippen molar-refractivity contribution in [2.45, 2.75) is 6.92 Å². The fourth-order valence-corrected chi connectivity index (χ4v) is 2.87. The van der Waals surface area contributed by atoms with Crippen LogP contribution in [-0.2, 0) is 9.53 Å². The Morgan fingerprint density at radius 1 is 1.21 bits per heavy atom. The Labute approximate surface area is 175 Å². The van der Waals surface area contributed by atoms with Gasteiger partial charge < -0.3 is 14.2 Å². The van der Waals surface area contributed by atoms with Gasteiger partial charge in [0.1, 0.15) is 5.82 Å². The topological polar surface area (TPSA) is 86.2 Å². The third-order valence-corrected chi connectivity index (χ3v) is 4.18. The number of hydrazone groups is 1. The minimum absolute atomic E-state index is 0.242. The predicted molar refractivity (Wildman–Crippen MR) is 109 cm³/mol. The molecule has 0 aliphatic carbocycles. The van der Waals surface area contributed by atoms with Crippen molar-refractivity contribution in [2.75, 3.05) is 20.3 Å². The summed E-state index contributed by atoms with van der Waals surface area (Å²) >= 11 is 2.05. The SMILES string of the molecule is CCOc1cc(/C=N\NC(=O)c2ccc(F)cc2)cc(I)c1OCC(=O)OC. The molecule has 2 aromatic rings. The summed E-state index contributed by atoms with van der Waals surface area (Å²) in [4.78, 5) is 23.3. The molecule has 0 bridgehead atoms. The van der Waals surface area contributed by atoms with Crippen LogP contribution in [0, 0.1) is 9.39 Å². The first kappa shape index (κ1) is 21.6. The van der Waals surface area contributed by atoms with Gasteiger partial charge in [-0.3, -0.25) is 4.79 Å². The fraction of sp³-hybridized carbons (Fsp3) is 0.211. The Balaban J connectivity index is 2.12. The number of hydrogen-bond acceptors (Lipinski definition) is 6. The maximum absolute atomic E-state index is 12.9. The smallest absolute Gasteiger partial charge is 0.343 e. The van der Waals surface area contributed by atoms with Crippen LogP contribution in [0.3, 0.4) is 0 Å². The molecule has 0 saturated heterocycles. The van der Waals surface area contributed by atoms with Crippen molar-refractivity contribution in [1.82, 2.24) is 5.43 Å². The largest absolute Gasteiger partial charge is 0.490 e. The summed E-state index contributed by atoms with van der Waals surface area (Å²) in [6.45, 7) is 1.97. The van der Waals surface area contributed by atoms with Gasteiger partial charge in [0, 0.05) is 5.56 Å². The lowest BCUT2D eigenvalue weighted by atomic mass is 10.2. The van der Waals surface area contributed by atoms with Gasteiger partial charge in [-0.1, -0.05) is 0 Å². The second kappa shape index (κ2) is 10.6. The highest BCUT2D eigenvalue weighted by Crippen LogP contribution is 2.33. The molecule has 28 heavy (non-hydrogen) atoms. The van der Waals surface area contributed by atoms with Crippen LogP contribution < -0.4 is 14.9 Å². The van der Waals surface area contributed by atoms with E-state index >= 15 is 0 Å². The Morgan fingerprint density at radius 3 is 2.57 bits per heavy atom. The van der Waals surface area contributed by atoms with Crippen molar-refractivity contribution in [3.63, 3.8) is 0 Å². The first-order valence-electron chi connectivity index (χ1n) is 8.19. The lowest BCUT2D eigenvalue weighted by Gasteiger charge is -2.14. The molecule has 9 heteroatoms. The molecule has 0 heterocycles. The quantitative estimate of drug-likeness (QED) is 0.261. The van der Waals surface area contributed by atoms with E-state index in [1.807, 2.05) is 29.5 Å². The summed E-state index contributed by atoms with van der Waals surface area (Å²) in [5, 5.41) is 3.91. The zero-order valence-corrected chi connectivity index (χ0v) is 17.4. The van der Waals surface area contributed by atoms with E-state index < -0.39 is 17.7 Å². The molecule has 1 N–H and O–H groups in total. The Bertz CT molecular complexity index is 871. The van der Waals surface area contributed by atoms with Gasteiger partial charge in [0.15, 0.2) is 18.1 Å². The van der Waals surface area contributed by atoms with Crippen LogP contribution in [0.2, 0.25) is 0 Å². The van der Waals surface area contributed by atoms with Crippen molar-refractivity contribution in [3.8, 4) is 11.5 Å². The Hall–Kier alpha value is -2.69. The van der Waals surface area contributed by atoms with E-state index in [1.54, 1.807) is 12.1 Å². The maximum atomic E-state index is 12.9. The van der Waals surface area contributed by atoms with E-state index in [0.717, 1.165) is 0 Å². The highest BCUT2D eigenvalue weighted by atomic mass is 127. The standard InChI is InChI=1S/C19H18FIN2O5/c1-3-27-16-9-12(8-15(21)18(16)28-11-17(24)26-2)10-22-23-19(25)13-4-6-14(20)7-5-13/h4-10H,3,11H2,1-2H3,(H,23,25)/b22-10-. The lowest BCUT2D eigenvalue weighted by Crippen LogP contribution is -2.17. The van der Waals surface area contributed by atoms with Crippen LogP contribution in [0.1, 0.15) is 22.8 Å². The summed E-state index contributed by atoms with van der Waals surface area (Å²) in [5.41, 5.74) is 3.31. The van der Waals surface area contributed by atoms with E-state index in [9.17, 15) is 14.0 Å². The number of rotatable bonds is 8. The summed E-state index contributed by atoms with van der Waals surface area (Å²) in [6.07, 6.45) is 1.44. The zero-order valence-electron chi connectivity index (χ0n) is 15.2. The van der Waals surface area contributed by atoms with Crippen LogP contribution in [0.5, 0.6) is 11.5 Å². The first-order chi connectivity index (χ1) is 13.4. The molecule has 1 amide bonds. The van der Waals surface area contributed by atoms with Gasteiger partial charge in [0.2, 0.25) is 0 Å². The van der Waals surface area contributed by atoms with Crippen molar-refractivity contribution in [2.24, 2.45) is 5.10 Å².